The second-order valence-corrected chi connectivity index (χ2v) is 6.24. The standard InChI is InChI=1S/C16H17F5N8/c1-8(25-13-2-3-14(26-22)29(23)27-13)9-6-10(17)15(11(18)7-9)28-12(4-5-24-28)16(19,20)21/h4-8H,2-3,22-23H2,1H3,(H,25,27)/b26-14-. The summed E-state index contributed by atoms with van der Waals surface area (Å²) in [6.45, 7) is 1.57. The minimum atomic E-state index is -4.82. The first-order chi connectivity index (χ1) is 13.6. The van der Waals surface area contributed by atoms with Gasteiger partial charge in [0.05, 0.1) is 12.2 Å². The second-order valence-electron chi connectivity index (χ2n) is 6.24. The number of rotatable bonds is 3. The molecule has 0 aliphatic carbocycles. The van der Waals surface area contributed by atoms with Crippen LogP contribution in [0.1, 0.15) is 37.1 Å². The van der Waals surface area contributed by atoms with E-state index in [4.69, 9.17) is 11.7 Å². The second kappa shape index (κ2) is 7.66. The highest BCUT2D eigenvalue weighted by Crippen LogP contribution is 2.33. The highest BCUT2D eigenvalue weighted by molar-refractivity contribution is 5.94. The van der Waals surface area contributed by atoms with Crippen molar-refractivity contribution < 1.29 is 22.0 Å². The van der Waals surface area contributed by atoms with Gasteiger partial charge in [0.1, 0.15) is 17.2 Å². The Bertz CT molecular complexity index is 941. The number of amidine groups is 2. The topological polar surface area (TPSA) is 110 Å². The Balaban J connectivity index is 1.90. The van der Waals surface area contributed by atoms with Crippen molar-refractivity contribution in [2.75, 3.05) is 0 Å². The van der Waals surface area contributed by atoms with Gasteiger partial charge in [-0.1, -0.05) is 0 Å². The fourth-order valence-corrected chi connectivity index (χ4v) is 2.86. The Morgan fingerprint density at radius 1 is 1.21 bits per heavy atom. The van der Waals surface area contributed by atoms with E-state index in [9.17, 15) is 22.0 Å². The van der Waals surface area contributed by atoms with Gasteiger partial charge >= 0.3 is 6.18 Å². The van der Waals surface area contributed by atoms with Crippen LogP contribution in [0.15, 0.2) is 34.5 Å². The molecule has 3 rings (SSSR count). The summed E-state index contributed by atoms with van der Waals surface area (Å²) in [4.78, 5) is 4.31. The molecule has 1 aliphatic rings. The van der Waals surface area contributed by atoms with Gasteiger partial charge in [0.15, 0.2) is 17.5 Å². The monoisotopic (exact) mass is 416 g/mol. The van der Waals surface area contributed by atoms with Gasteiger partial charge in [0, 0.05) is 12.8 Å². The zero-order valence-corrected chi connectivity index (χ0v) is 15.1. The number of nitrogens with two attached hydrogens (primary N) is 2. The molecule has 0 amide bonds. The minimum Gasteiger partial charge on any atom is -0.321 e. The van der Waals surface area contributed by atoms with Crippen molar-refractivity contribution in [1.29, 1.82) is 0 Å². The van der Waals surface area contributed by atoms with Crippen LogP contribution in [0.3, 0.4) is 0 Å². The molecule has 0 bridgehead atoms. The van der Waals surface area contributed by atoms with E-state index in [1.54, 1.807) is 6.92 Å². The van der Waals surface area contributed by atoms with Crippen LogP contribution in [0.4, 0.5) is 22.0 Å². The van der Waals surface area contributed by atoms with Gasteiger partial charge in [0.25, 0.3) is 0 Å². The van der Waals surface area contributed by atoms with E-state index in [0.717, 1.165) is 23.4 Å². The van der Waals surface area contributed by atoms with Crippen LogP contribution in [-0.4, -0.2) is 26.6 Å². The number of benzene rings is 1. The van der Waals surface area contributed by atoms with E-state index < -0.39 is 35.2 Å². The predicted octanol–water partition coefficient (Wildman–Crippen LogP) is 2.38. The Hall–Kier alpha value is -3.22. The lowest BCUT2D eigenvalue weighted by molar-refractivity contribution is -0.142. The predicted molar refractivity (Wildman–Crippen MR) is 94.4 cm³/mol. The number of nitrogens with zero attached hydrogens (tertiary/aromatic N) is 5. The van der Waals surface area contributed by atoms with Crippen LogP contribution in [0.25, 0.3) is 5.69 Å². The summed E-state index contributed by atoms with van der Waals surface area (Å²) in [6.07, 6.45) is -3.18. The quantitative estimate of drug-likeness (QED) is 0.404. The maximum atomic E-state index is 14.6. The van der Waals surface area contributed by atoms with Gasteiger partial charge in [-0.05, 0) is 30.7 Å². The number of hydrazine groups is 2. The maximum Gasteiger partial charge on any atom is 0.433 e. The number of alkyl halides is 3. The summed E-state index contributed by atoms with van der Waals surface area (Å²) in [5, 5.41) is 7.98. The number of aliphatic imine (C=N–C) groups is 1. The molecular formula is C16H17F5N8. The molecule has 1 aliphatic heterocycles. The van der Waals surface area contributed by atoms with Crippen LogP contribution in [0.2, 0.25) is 0 Å². The van der Waals surface area contributed by atoms with Gasteiger partial charge < -0.3 is 5.84 Å². The van der Waals surface area contributed by atoms with Crippen molar-refractivity contribution in [2.24, 2.45) is 21.8 Å². The zero-order chi connectivity index (χ0) is 21.3. The molecule has 2 aromatic rings. The molecule has 1 atom stereocenters. The third-order valence-electron chi connectivity index (χ3n) is 4.28. The molecule has 156 valence electrons. The van der Waals surface area contributed by atoms with E-state index in [1.165, 1.54) is 0 Å². The number of hydrogen-bond acceptors (Lipinski definition) is 5. The Morgan fingerprint density at radius 2 is 1.86 bits per heavy atom. The molecule has 1 saturated heterocycles. The third-order valence-corrected chi connectivity index (χ3v) is 4.28. The Kier molecular flexibility index (Phi) is 5.42. The normalized spacial score (nSPS) is 18.9. The number of nitrogens with one attached hydrogen (secondary N) is 1. The Labute approximate surface area is 161 Å². The van der Waals surface area contributed by atoms with Gasteiger partial charge in [0.2, 0.25) is 0 Å². The smallest absolute Gasteiger partial charge is 0.321 e. The molecule has 1 fully saturated rings. The summed E-state index contributed by atoms with van der Waals surface area (Å²) in [5.41, 5.74) is 0.648. The van der Waals surface area contributed by atoms with Gasteiger partial charge in [-0.2, -0.15) is 23.4 Å². The lowest BCUT2D eigenvalue weighted by Crippen LogP contribution is -2.54. The maximum absolute atomic E-state index is 14.6. The molecule has 0 spiro atoms. The molecule has 1 aromatic heterocycles. The molecule has 1 unspecified atom stereocenters. The van der Waals surface area contributed by atoms with Crippen LogP contribution in [-0.2, 0) is 6.18 Å². The molecule has 8 nitrogen and oxygen atoms in total. The fraction of sp³-hybridized carbons (Fsp3) is 0.312. The fourth-order valence-electron chi connectivity index (χ4n) is 2.86. The average Bonchev–Trinajstić information content (AvgIpc) is 3.11. The van der Waals surface area contributed by atoms with E-state index in [2.05, 4.69) is 20.6 Å². The number of hydrazone groups is 1. The van der Waals surface area contributed by atoms with E-state index in [-0.39, 0.29) is 10.2 Å². The molecule has 0 radical (unpaired) electrons. The first-order valence-electron chi connectivity index (χ1n) is 8.37. The highest BCUT2D eigenvalue weighted by Gasteiger charge is 2.36. The van der Waals surface area contributed by atoms with E-state index in [1.807, 2.05) is 0 Å². The zero-order valence-electron chi connectivity index (χ0n) is 15.1. The summed E-state index contributed by atoms with van der Waals surface area (Å²) >= 11 is 0. The van der Waals surface area contributed by atoms with Crippen LogP contribution < -0.4 is 17.1 Å². The molecule has 1 aromatic carbocycles. The summed E-state index contributed by atoms with van der Waals surface area (Å²) in [5.74, 6) is 9.30. The van der Waals surface area contributed by atoms with E-state index in [0.29, 0.717) is 30.6 Å². The van der Waals surface area contributed by atoms with Crippen molar-refractivity contribution >= 4 is 11.7 Å². The van der Waals surface area contributed by atoms with Crippen molar-refractivity contribution in [3.63, 3.8) is 0 Å². The number of halogens is 5. The number of hydrogen-bond donors (Lipinski definition) is 3. The minimum absolute atomic E-state index is 0.126. The molecule has 2 heterocycles. The lowest BCUT2D eigenvalue weighted by atomic mass is 10.1. The molecule has 5 N–H and O–H groups in total. The van der Waals surface area contributed by atoms with Crippen molar-refractivity contribution in [3.05, 3.63) is 47.3 Å². The van der Waals surface area contributed by atoms with Crippen LogP contribution in [0.5, 0.6) is 0 Å². The molecular weight excluding hydrogens is 399 g/mol. The van der Waals surface area contributed by atoms with Gasteiger partial charge in [-0.25, -0.2) is 24.4 Å². The first kappa shape index (κ1) is 20.5. The third kappa shape index (κ3) is 4.13. The Morgan fingerprint density at radius 3 is 2.41 bits per heavy atom. The van der Waals surface area contributed by atoms with Crippen molar-refractivity contribution in [2.45, 2.75) is 32.0 Å². The molecule has 0 saturated carbocycles. The summed E-state index contributed by atoms with van der Waals surface area (Å²) in [6, 6.07) is 1.77. The molecule has 29 heavy (non-hydrogen) atoms. The highest BCUT2D eigenvalue weighted by atomic mass is 19.4. The van der Waals surface area contributed by atoms with Gasteiger partial charge in [-0.15, -0.1) is 0 Å². The SMILES string of the molecule is CC(N=C1CC/C(=N/N)N(N)N1)c1cc(F)c(-n2nccc2C(F)(F)F)c(F)c1. The van der Waals surface area contributed by atoms with Gasteiger partial charge in [-0.3, -0.25) is 10.4 Å². The van der Waals surface area contributed by atoms with Crippen molar-refractivity contribution in [3.8, 4) is 5.69 Å². The first-order valence-corrected chi connectivity index (χ1v) is 8.37. The average molecular weight is 416 g/mol. The largest absolute Gasteiger partial charge is 0.433 e. The van der Waals surface area contributed by atoms with E-state index >= 15 is 0 Å². The number of aromatic nitrogens is 2. The summed E-state index contributed by atoms with van der Waals surface area (Å²) in [7, 11) is 0. The van der Waals surface area contributed by atoms with Crippen LogP contribution >= 0.6 is 0 Å². The lowest BCUT2D eigenvalue weighted by Gasteiger charge is -2.28. The van der Waals surface area contributed by atoms with Crippen LogP contribution in [0, 0.1) is 11.6 Å². The molecule has 13 heteroatoms. The van der Waals surface area contributed by atoms with Crippen molar-refractivity contribution in [1.82, 2.24) is 20.3 Å². The summed E-state index contributed by atoms with van der Waals surface area (Å²) < 4.78 is 68.4.